The molecule has 2 rings (SSSR count). The molecule has 1 aromatic heterocycles. The zero-order chi connectivity index (χ0) is 11.7. The van der Waals surface area contributed by atoms with Gasteiger partial charge in [0.1, 0.15) is 3.57 Å². The Labute approximate surface area is 106 Å². The minimum absolute atomic E-state index is 0.140. The summed E-state index contributed by atoms with van der Waals surface area (Å²) in [6.07, 6.45) is 0. The van der Waals surface area contributed by atoms with Crippen LogP contribution >= 0.6 is 22.6 Å². The first-order chi connectivity index (χ1) is 7.58. The maximum Gasteiger partial charge on any atom is 0.266 e. The maximum atomic E-state index is 11.5. The zero-order valence-corrected chi connectivity index (χ0v) is 10.8. The Hall–Kier alpha value is -1.37. The Morgan fingerprint density at radius 2 is 1.94 bits per heavy atom. The van der Waals surface area contributed by atoms with Crippen molar-refractivity contribution >= 4 is 28.5 Å². The van der Waals surface area contributed by atoms with Gasteiger partial charge in [0.2, 0.25) is 5.95 Å². The van der Waals surface area contributed by atoms with Crippen molar-refractivity contribution in [2.24, 2.45) is 0 Å². The van der Waals surface area contributed by atoms with Crippen LogP contribution in [0.4, 0.5) is 5.95 Å². The van der Waals surface area contributed by atoms with Crippen molar-refractivity contribution in [3.8, 4) is 11.3 Å². The monoisotopic (exact) mass is 327 g/mol. The molecule has 1 heterocycles. The fourth-order valence-corrected chi connectivity index (χ4v) is 1.95. The van der Waals surface area contributed by atoms with Crippen LogP contribution in [0.1, 0.15) is 5.56 Å². The van der Waals surface area contributed by atoms with E-state index in [9.17, 15) is 4.79 Å². The van der Waals surface area contributed by atoms with Gasteiger partial charge < -0.3 is 5.73 Å². The third kappa shape index (κ3) is 2.08. The molecule has 0 amide bonds. The van der Waals surface area contributed by atoms with Gasteiger partial charge in [0.15, 0.2) is 0 Å². The summed E-state index contributed by atoms with van der Waals surface area (Å²) in [5.41, 5.74) is 8.01. The van der Waals surface area contributed by atoms with Gasteiger partial charge in [0, 0.05) is 5.56 Å². The molecule has 3 N–H and O–H groups in total. The van der Waals surface area contributed by atoms with Gasteiger partial charge in [-0.3, -0.25) is 9.78 Å². The lowest BCUT2D eigenvalue weighted by Crippen LogP contribution is -2.15. The molecule has 0 unspecified atom stereocenters. The number of H-pyrrole nitrogens is 1. The van der Waals surface area contributed by atoms with Crippen LogP contribution in [0.15, 0.2) is 29.1 Å². The highest BCUT2D eigenvalue weighted by molar-refractivity contribution is 14.1. The molecule has 0 saturated heterocycles. The van der Waals surface area contributed by atoms with Crippen LogP contribution in [0, 0.1) is 10.5 Å². The van der Waals surface area contributed by atoms with E-state index in [-0.39, 0.29) is 11.5 Å². The average Bonchev–Trinajstić information content (AvgIpc) is 2.25. The second-order valence-corrected chi connectivity index (χ2v) is 4.56. The standard InChI is InChI=1S/C11H10IN3O/c1-6-2-4-7(5-3-6)9-8(12)10(16)15-11(13)14-9/h2-5H,1H3,(H3,13,14,15,16). The quantitative estimate of drug-likeness (QED) is 0.786. The normalized spacial score (nSPS) is 10.4. The maximum absolute atomic E-state index is 11.5. The van der Waals surface area contributed by atoms with Crippen molar-refractivity contribution in [2.75, 3.05) is 5.73 Å². The summed E-state index contributed by atoms with van der Waals surface area (Å²) in [7, 11) is 0. The van der Waals surface area contributed by atoms with Gasteiger partial charge in [0.05, 0.1) is 5.69 Å². The highest BCUT2D eigenvalue weighted by atomic mass is 127. The van der Waals surface area contributed by atoms with Gasteiger partial charge in [-0.1, -0.05) is 29.8 Å². The second kappa shape index (κ2) is 4.25. The Balaban J connectivity index is 2.64. The second-order valence-electron chi connectivity index (χ2n) is 3.48. The molecule has 5 heteroatoms. The molecular weight excluding hydrogens is 317 g/mol. The lowest BCUT2D eigenvalue weighted by atomic mass is 10.1. The molecule has 0 aliphatic heterocycles. The molecule has 4 nitrogen and oxygen atoms in total. The average molecular weight is 327 g/mol. The zero-order valence-electron chi connectivity index (χ0n) is 8.62. The molecular formula is C11H10IN3O. The molecule has 0 aliphatic rings. The van der Waals surface area contributed by atoms with Crippen LogP contribution in [0.2, 0.25) is 0 Å². The van der Waals surface area contributed by atoms with Crippen LogP contribution in [-0.2, 0) is 0 Å². The summed E-state index contributed by atoms with van der Waals surface area (Å²) in [6, 6.07) is 7.81. The summed E-state index contributed by atoms with van der Waals surface area (Å²) in [6.45, 7) is 2.01. The Morgan fingerprint density at radius 1 is 1.31 bits per heavy atom. The Kier molecular flexibility index (Phi) is 2.95. The van der Waals surface area contributed by atoms with Crippen LogP contribution in [0.3, 0.4) is 0 Å². The highest BCUT2D eigenvalue weighted by Gasteiger charge is 2.09. The molecule has 1 aromatic carbocycles. The van der Waals surface area contributed by atoms with E-state index < -0.39 is 0 Å². The highest BCUT2D eigenvalue weighted by Crippen LogP contribution is 2.21. The van der Waals surface area contributed by atoms with E-state index in [1.54, 1.807) is 0 Å². The number of nitrogens with zero attached hydrogens (tertiary/aromatic N) is 1. The van der Waals surface area contributed by atoms with E-state index in [1.165, 1.54) is 0 Å². The van der Waals surface area contributed by atoms with E-state index >= 15 is 0 Å². The third-order valence-corrected chi connectivity index (χ3v) is 3.21. The number of nitrogens with two attached hydrogens (primary N) is 1. The number of rotatable bonds is 1. The lowest BCUT2D eigenvalue weighted by molar-refractivity contribution is 1.12. The summed E-state index contributed by atoms with van der Waals surface area (Å²) >= 11 is 1.97. The van der Waals surface area contributed by atoms with Crippen molar-refractivity contribution in [1.82, 2.24) is 9.97 Å². The van der Waals surface area contributed by atoms with Crippen LogP contribution in [-0.4, -0.2) is 9.97 Å². The van der Waals surface area contributed by atoms with E-state index in [0.29, 0.717) is 9.26 Å². The van der Waals surface area contributed by atoms with E-state index in [0.717, 1.165) is 11.1 Å². The van der Waals surface area contributed by atoms with Gasteiger partial charge in [-0.05, 0) is 29.5 Å². The number of hydrogen-bond acceptors (Lipinski definition) is 3. The third-order valence-electron chi connectivity index (χ3n) is 2.21. The first-order valence-electron chi connectivity index (χ1n) is 4.70. The van der Waals surface area contributed by atoms with E-state index in [2.05, 4.69) is 9.97 Å². The molecule has 0 bridgehead atoms. The number of nitrogens with one attached hydrogen (secondary N) is 1. The molecule has 0 saturated carbocycles. The first-order valence-corrected chi connectivity index (χ1v) is 5.78. The Morgan fingerprint density at radius 3 is 2.56 bits per heavy atom. The van der Waals surface area contributed by atoms with Gasteiger partial charge in [0.25, 0.3) is 5.56 Å². The van der Waals surface area contributed by atoms with Crippen molar-refractivity contribution in [2.45, 2.75) is 6.92 Å². The number of aryl methyl sites for hydroxylation is 1. The summed E-state index contributed by atoms with van der Waals surface area (Å²) in [5, 5.41) is 0. The number of hydrogen-bond donors (Lipinski definition) is 2. The molecule has 0 atom stereocenters. The minimum Gasteiger partial charge on any atom is -0.369 e. The molecule has 0 aliphatic carbocycles. The first kappa shape index (κ1) is 11.1. The molecule has 0 fully saturated rings. The van der Waals surface area contributed by atoms with Crippen molar-refractivity contribution in [3.63, 3.8) is 0 Å². The number of anilines is 1. The number of benzene rings is 1. The minimum atomic E-state index is -0.205. The predicted molar refractivity (Wildman–Crippen MR) is 72.2 cm³/mol. The molecule has 0 radical (unpaired) electrons. The SMILES string of the molecule is Cc1ccc(-c2nc(N)[nH]c(=O)c2I)cc1. The van der Waals surface area contributed by atoms with Crippen LogP contribution < -0.4 is 11.3 Å². The van der Waals surface area contributed by atoms with Crippen molar-refractivity contribution in [1.29, 1.82) is 0 Å². The molecule has 16 heavy (non-hydrogen) atoms. The molecule has 2 aromatic rings. The fourth-order valence-electron chi connectivity index (χ4n) is 1.38. The molecule has 0 spiro atoms. The number of aromatic amines is 1. The van der Waals surface area contributed by atoms with Crippen LogP contribution in [0.5, 0.6) is 0 Å². The lowest BCUT2D eigenvalue weighted by Gasteiger charge is -2.04. The number of halogens is 1. The van der Waals surface area contributed by atoms with E-state index in [1.807, 2.05) is 53.8 Å². The predicted octanol–water partition coefficient (Wildman–Crippen LogP) is 1.93. The molecule has 82 valence electrons. The number of nitrogen functional groups attached to an aromatic ring is 1. The van der Waals surface area contributed by atoms with Gasteiger partial charge >= 0.3 is 0 Å². The summed E-state index contributed by atoms with van der Waals surface area (Å²) in [5.74, 6) is 0.140. The van der Waals surface area contributed by atoms with Gasteiger partial charge in [-0.25, -0.2) is 4.98 Å². The summed E-state index contributed by atoms with van der Waals surface area (Å²) < 4.78 is 0.552. The Bertz CT molecular complexity index is 575. The van der Waals surface area contributed by atoms with Gasteiger partial charge in [-0.2, -0.15) is 0 Å². The summed E-state index contributed by atoms with van der Waals surface area (Å²) in [4.78, 5) is 18.1. The van der Waals surface area contributed by atoms with Gasteiger partial charge in [-0.15, -0.1) is 0 Å². The van der Waals surface area contributed by atoms with Crippen molar-refractivity contribution in [3.05, 3.63) is 43.8 Å². The van der Waals surface area contributed by atoms with Crippen LogP contribution in [0.25, 0.3) is 11.3 Å². The smallest absolute Gasteiger partial charge is 0.266 e. The largest absolute Gasteiger partial charge is 0.369 e. The number of aromatic nitrogens is 2. The van der Waals surface area contributed by atoms with E-state index in [4.69, 9.17) is 5.73 Å². The van der Waals surface area contributed by atoms with Crippen molar-refractivity contribution < 1.29 is 0 Å². The topological polar surface area (TPSA) is 71.8 Å². The fraction of sp³-hybridized carbons (Fsp3) is 0.0909.